The summed E-state index contributed by atoms with van der Waals surface area (Å²) < 4.78 is 15.3. The Morgan fingerprint density at radius 1 is 1.19 bits per heavy atom. The first-order valence-electron chi connectivity index (χ1n) is 6.85. The van der Waals surface area contributed by atoms with E-state index in [-0.39, 0.29) is 11.9 Å². The standard InChI is InChI=1S/C17H15FINS/c1-2-20-17(11-9-16(19)21-10-11)14-7-8-15(18)13-6-4-3-5-12(13)14/h3-10,17,20H,2H2,1H3. The molecule has 1 aromatic heterocycles. The minimum absolute atomic E-state index is 0.0975. The van der Waals surface area contributed by atoms with Crippen LogP contribution in [0, 0.1) is 8.70 Å². The molecule has 3 rings (SSSR count). The van der Waals surface area contributed by atoms with Crippen molar-refractivity contribution in [2.75, 3.05) is 6.54 Å². The van der Waals surface area contributed by atoms with E-state index in [0.29, 0.717) is 5.39 Å². The van der Waals surface area contributed by atoms with Gasteiger partial charge < -0.3 is 5.32 Å². The molecule has 0 bridgehead atoms. The summed E-state index contributed by atoms with van der Waals surface area (Å²) in [5.41, 5.74) is 2.37. The van der Waals surface area contributed by atoms with Crippen molar-refractivity contribution >= 4 is 44.7 Å². The average Bonchev–Trinajstić information content (AvgIpc) is 2.92. The van der Waals surface area contributed by atoms with Gasteiger partial charge in [-0.3, -0.25) is 0 Å². The summed E-state index contributed by atoms with van der Waals surface area (Å²) in [6.07, 6.45) is 0. The van der Waals surface area contributed by atoms with Crippen LogP contribution in [0.25, 0.3) is 10.8 Å². The third-order valence-electron chi connectivity index (χ3n) is 3.54. The molecule has 0 spiro atoms. The van der Waals surface area contributed by atoms with Crippen LogP contribution in [0.5, 0.6) is 0 Å². The molecule has 1 unspecified atom stereocenters. The van der Waals surface area contributed by atoms with Gasteiger partial charge in [-0.25, -0.2) is 4.39 Å². The largest absolute Gasteiger partial charge is 0.306 e. The van der Waals surface area contributed by atoms with Gasteiger partial charge in [-0.2, -0.15) is 0 Å². The van der Waals surface area contributed by atoms with Crippen molar-refractivity contribution in [3.05, 3.63) is 67.7 Å². The van der Waals surface area contributed by atoms with E-state index in [9.17, 15) is 4.39 Å². The molecular formula is C17H15FINS. The van der Waals surface area contributed by atoms with Crippen LogP contribution < -0.4 is 5.32 Å². The average molecular weight is 411 g/mol. The number of hydrogen-bond donors (Lipinski definition) is 1. The van der Waals surface area contributed by atoms with Crippen molar-refractivity contribution in [1.29, 1.82) is 0 Å². The van der Waals surface area contributed by atoms with Gasteiger partial charge in [0, 0.05) is 5.39 Å². The van der Waals surface area contributed by atoms with E-state index in [1.807, 2.05) is 30.3 Å². The third kappa shape index (κ3) is 2.98. The zero-order chi connectivity index (χ0) is 14.8. The Kier molecular flexibility index (Phi) is 4.57. The summed E-state index contributed by atoms with van der Waals surface area (Å²) >= 11 is 4.07. The second-order valence-electron chi connectivity index (χ2n) is 4.86. The Morgan fingerprint density at radius 3 is 2.62 bits per heavy atom. The van der Waals surface area contributed by atoms with Gasteiger partial charge in [-0.15, -0.1) is 11.3 Å². The molecule has 4 heteroatoms. The van der Waals surface area contributed by atoms with E-state index in [1.54, 1.807) is 17.4 Å². The fourth-order valence-electron chi connectivity index (χ4n) is 2.62. The summed E-state index contributed by atoms with van der Waals surface area (Å²) in [6, 6.07) is 13.4. The second kappa shape index (κ2) is 6.42. The molecule has 0 radical (unpaired) electrons. The Labute approximate surface area is 141 Å². The van der Waals surface area contributed by atoms with Crippen molar-refractivity contribution in [3.8, 4) is 0 Å². The fraction of sp³-hybridized carbons (Fsp3) is 0.176. The predicted octanol–water partition coefficient (Wildman–Crippen LogP) is 5.34. The van der Waals surface area contributed by atoms with Crippen molar-refractivity contribution in [2.24, 2.45) is 0 Å². The highest BCUT2D eigenvalue weighted by Gasteiger charge is 2.18. The predicted molar refractivity (Wildman–Crippen MR) is 96.5 cm³/mol. The lowest BCUT2D eigenvalue weighted by Gasteiger charge is -2.19. The van der Waals surface area contributed by atoms with Crippen LogP contribution in [0.4, 0.5) is 4.39 Å². The molecule has 3 aromatic rings. The molecule has 0 fully saturated rings. The van der Waals surface area contributed by atoms with Gasteiger partial charge in [0.05, 0.1) is 8.93 Å². The first-order valence-corrected chi connectivity index (χ1v) is 8.81. The smallest absolute Gasteiger partial charge is 0.131 e. The van der Waals surface area contributed by atoms with Crippen LogP contribution in [0.15, 0.2) is 47.8 Å². The van der Waals surface area contributed by atoms with Gasteiger partial charge in [0.1, 0.15) is 5.82 Å². The summed E-state index contributed by atoms with van der Waals surface area (Å²) in [5.74, 6) is -0.163. The van der Waals surface area contributed by atoms with E-state index in [4.69, 9.17) is 0 Å². The summed E-state index contributed by atoms with van der Waals surface area (Å²) in [4.78, 5) is 0. The van der Waals surface area contributed by atoms with E-state index in [0.717, 1.165) is 17.5 Å². The number of rotatable bonds is 4. The Balaban J connectivity index is 2.18. The molecule has 0 aliphatic rings. The molecule has 0 aliphatic heterocycles. The number of benzene rings is 2. The minimum atomic E-state index is -0.163. The SMILES string of the molecule is CCNC(c1csc(I)c1)c1ccc(F)c2ccccc12. The Morgan fingerprint density at radius 2 is 1.95 bits per heavy atom. The fourth-order valence-corrected chi connectivity index (χ4v) is 4.02. The van der Waals surface area contributed by atoms with Gasteiger partial charge in [0.2, 0.25) is 0 Å². The number of thiophene rings is 1. The van der Waals surface area contributed by atoms with Gasteiger partial charge in [0.15, 0.2) is 0 Å². The van der Waals surface area contributed by atoms with Crippen molar-refractivity contribution < 1.29 is 4.39 Å². The molecule has 1 heterocycles. The topological polar surface area (TPSA) is 12.0 Å². The van der Waals surface area contributed by atoms with Gasteiger partial charge >= 0.3 is 0 Å². The van der Waals surface area contributed by atoms with E-state index in [2.05, 4.69) is 46.3 Å². The zero-order valence-electron chi connectivity index (χ0n) is 11.6. The molecule has 1 nitrogen and oxygen atoms in total. The van der Waals surface area contributed by atoms with Crippen LogP contribution >= 0.6 is 33.9 Å². The van der Waals surface area contributed by atoms with Crippen LogP contribution in [-0.4, -0.2) is 6.54 Å². The summed E-state index contributed by atoms with van der Waals surface area (Å²) in [6.45, 7) is 2.96. The number of halogens is 2. The molecule has 1 atom stereocenters. The highest BCUT2D eigenvalue weighted by molar-refractivity contribution is 14.1. The number of fused-ring (bicyclic) bond motifs is 1. The number of nitrogens with one attached hydrogen (secondary N) is 1. The molecule has 0 saturated carbocycles. The molecule has 21 heavy (non-hydrogen) atoms. The third-order valence-corrected chi connectivity index (χ3v) is 5.35. The van der Waals surface area contributed by atoms with Crippen molar-refractivity contribution in [1.82, 2.24) is 5.32 Å². The quantitative estimate of drug-likeness (QED) is 0.572. The number of hydrogen-bond acceptors (Lipinski definition) is 2. The molecule has 2 aromatic carbocycles. The first kappa shape index (κ1) is 14.9. The molecule has 108 valence electrons. The van der Waals surface area contributed by atoms with Crippen LogP contribution in [0.2, 0.25) is 0 Å². The summed E-state index contributed by atoms with van der Waals surface area (Å²) in [7, 11) is 0. The van der Waals surface area contributed by atoms with Crippen molar-refractivity contribution in [3.63, 3.8) is 0 Å². The Hall–Kier alpha value is -0.980. The van der Waals surface area contributed by atoms with Crippen LogP contribution in [0.3, 0.4) is 0 Å². The second-order valence-corrected chi connectivity index (χ2v) is 7.66. The first-order chi connectivity index (χ1) is 10.2. The monoisotopic (exact) mass is 411 g/mol. The lowest BCUT2D eigenvalue weighted by atomic mass is 9.95. The highest BCUT2D eigenvalue weighted by atomic mass is 127. The van der Waals surface area contributed by atoms with Gasteiger partial charge in [0.25, 0.3) is 0 Å². The summed E-state index contributed by atoms with van der Waals surface area (Å²) in [5, 5.41) is 7.35. The molecule has 0 saturated heterocycles. The molecule has 0 amide bonds. The normalized spacial score (nSPS) is 12.7. The van der Waals surface area contributed by atoms with E-state index in [1.165, 1.54) is 8.45 Å². The van der Waals surface area contributed by atoms with Gasteiger partial charge in [-0.05, 0) is 63.2 Å². The van der Waals surface area contributed by atoms with E-state index >= 15 is 0 Å². The highest BCUT2D eigenvalue weighted by Crippen LogP contribution is 2.32. The van der Waals surface area contributed by atoms with Crippen molar-refractivity contribution in [2.45, 2.75) is 13.0 Å². The maximum absolute atomic E-state index is 14.0. The maximum Gasteiger partial charge on any atom is 0.131 e. The lowest BCUT2D eigenvalue weighted by molar-refractivity contribution is 0.625. The Bertz CT molecular complexity index is 768. The molecule has 1 N–H and O–H groups in total. The van der Waals surface area contributed by atoms with Crippen LogP contribution in [-0.2, 0) is 0 Å². The van der Waals surface area contributed by atoms with Gasteiger partial charge in [-0.1, -0.05) is 37.3 Å². The molecular weight excluding hydrogens is 396 g/mol. The zero-order valence-corrected chi connectivity index (χ0v) is 14.5. The maximum atomic E-state index is 14.0. The van der Waals surface area contributed by atoms with Crippen LogP contribution in [0.1, 0.15) is 24.1 Å². The van der Waals surface area contributed by atoms with E-state index < -0.39 is 0 Å². The minimum Gasteiger partial charge on any atom is -0.306 e. The lowest BCUT2D eigenvalue weighted by Crippen LogP contribution is -2.21. The molecule has 0 aliphatic carbocycles.